The van der Waals surface area contributed by atoms with Gasteiger partial charge in [-0.25, -0.2) is 9.18 Å². The number of aliphatic carboxylic acids is 1. The Kier molecular flexibility index (Phi) is 6.63. The summed E-state index contributed by atoms with van der Waals surface area (Å²) in [6, 6.07) is 18.6. The largest absolute Gasteiger partial charge is 0.497 e. The van der Waals surface area contributed by atoms with Crippen LogP contribution in [0.1, 0.15) is 54.0 Å². The smallest absolute Gasteiger partial charge is 0.372 e. The number of carboxylic acids is 1. The Labute approximate surface area is 209 Å². The maximum Gasteiger partial charge on any atom is 0.372 e. The molecule has 1 aliphatic carbocycles. The molecule has 0 saturated heterocycles. The topological polar surface area (TPSA) is 72.8 Å². The summed E-state index contributed by atoms with van der Waals surface area (Å²) >= 11 is 0. The lowest BCUT2D eigenvalue weighted by atomic mass is 9.79. The standard InChI is InChI=1S/C30H29FO5/c1-17(29(32)30(33)34)28(20-7-8-20)21-9-10-22-16-36-27(14-23(22)13-21)19-5-3-18(4-6-19)25-15-24(35-2)11-12-26(25)31/h3-6,9-13,15,17,20,27-28H,7-8,14,16H2,1-2H3,(H,33,34)/t17-,27-,28-/m0/s1. The van der Waals surface area contributed by atoms with Gasteiger partial charge in [-0.1, -0.05) is 49.4 Å². The van der Waals surface area contributed by atoms with Crippen LogP contribution in [-0.2, 0) is 27.4 Å². The molecule has 3 atom stereocenters. The van der Waals surface area contributed by atoms with Gasteiger partial charge in [0.25, 0.3) is 0 Å². The monoisotopic (exact) mass is 488 g/mol. The number of hydrogen-bond acceptors (Lipinski definition) is 4. The molecule has 0 unspecified atom stereocenters. The van der Waals surface area contributed by atoms with Crippen LogP contribution < -0.4 is 4.74 Å². The fourth-order valence-corrected chi connectivity index (χ4v) is 5.36. The summed E-state index contributed by atoms with van der Waals surface area (Å²) in [5.74, 6) is -2.09. The van der Waals surface area contributed by atoms with Crippen molar-refractivity contribution in [3.63, 3.8) is 0 Å². The molecule has 186 valence electrons. The third-order valence-corrected chi connectivity index (χ3v) is 7.52. The van der Waals surface area contributed by atoms with E-state index in [1.165, 1.54) is 6.07 Å². The molecule has 1 fully saturated rings. The molecule has 0 amide bonds. The lowest BCUT2D eigenvalue weighted by Gasteiger charge is -2.28. The molecule has 0 bridgehead atoms. The minimum Gasteiger partial charge on any atom is -0.497 e. The van der Waals surface area contributed by atoms with Crippen LogP contribution in [0.4, 0.5) is 4.39 Å². The first-order valence-electron chi connectivity index (χ1n) is 12.3. The third kappa shape index (κ3) is 4.78. The van der Waals surface area contributed by atoms with Crippen LogP contribution in [0.25, 0.3) is 11.1 Å². The maximum absolute atomic E-state index is 14.4. The molecule has 0 spiro atoms. The van der Waals surface area contributed by atoms with Crippen LogP contribution in [0.5, 0.6) is 5.75 Å². The predicted octanol–water partition coefficient (Wildman–Crippen LogP) is 6.10. The van der Waals surface area contributed by atoms with Crippen LogP contribution >= 0.6 is 0 Å². The second-order valence-corrected chi connectivity index (χ2v) is 9.82. The number of halogens is 1. The van der Waals surface area contributed by atoms with Gasteiger partial charge in [0.05, 0.1) is 19.8 Å². The van der Waals surface area contributed by atoms with Gasteiger partial charge in [0.2, 0.25) is 5.78 Å². The summed E-state index contributed by atoms with van der Waals surface area (Å²) in [5.41, 5.74) is 5.55. The number of carboxylic acid groups (broad SMARTS) is 1. The van der Waals surface area contributed by atoms with Crippen molar-refractivity contribution in [3.05, 3.63) is 88.7 Å². The average molecular weight is 489 g/mol. The van der Waals surface area contributed by atoms with Gasteiger partial charge in [-0.3, -0.25) is 4.79 Å². The number of fused-ring (bicyclic) bond motifs is 1. The molecule has 3 aromatic carbocycles. The number of rotatable bonds is 8. The van der Waals surface area contributed by atoms with Gasteiger partial charge in [0, 0.05) is 17.9 Å². The molecule has 5 rings (SSSR count). The summed E-state index contributed by atoms with van der Waals surface area (Å²) in [6.45, 7) is 2.21. The van der Waals surface area contributed by atoms with Gasteiger partial charge in [0.15, 0.2) is 0 Å². The van der Waals surface area contributed by atoms with Crippen molar-refractivity contribution in [1.82, 2.24) is 0 Å². The maximum atomic E-state index is 14.4. The van der Waals surface area contributed by atoms with E-state index in [0.717, 1.165) is 40.7 Å². The second-order valence-electron chi connectivity index (χ2n) is 9.82. The number of methoxy groups -OCH3 is 1. The number of ketones is 1. The molecule has 0 radical (unpaired) electrons. The first-order valence-corrected chi connectivity index (χ1v) is 12.3. The van der Waals surface area contributed by atoms with E-state index < -0.39 is 17.7 Å². The molecule has 3 aromatic rings. The second kappa shape index (κ2) is 9.86. The van der Waals surface area contributed by atoms with Crippen molar-refractivity contribution in [2.45, 2.75) is 44.8 Å². The molecule has 1 heterocycles. The fraction of sp³-hybridized carbons (Fsp3) is 0.333. The van der Waals surface area contributed by atoms with Gasteiger partial charge >= 0.3 is 5.97 Å². The van der Waals surface area contributed by atoms with Gasteiger partial charge in [0.1, 0.15) is 11.6 Å². The normalized spacial score (nSPS) is 18.7. The van der Waals surface area contributed by atoms with E-state index in [9.17, 15) is 19.1 Å². The molecule has 0 aromatic heterocycles. The van der Waals surface area contributed by atoms with Gasteiger partial charge < -0.3 is 14.6 Å². The minimum atomic E-state index is -1.36. The highest BCUT2D eigenvalue weighted by Gasteiger charge is 2.40. The predicted molar refractivity (Wildman–Crippen MR) is 133 cm³/mol. The summed E-state index contributed by atoms with van der Waals surface area (Å²) < 4.78 is 25.8. The number of hydrogen-bond donors (Lipinski definition) is 1. The first kappa shape index (κ1) is 24.2. The van der Waals surface area contributed by atoms with E-state index in [1.54, 1.807) is 26.2 Å². The summed E-state index contributed by atoms with van der Waals surface area (Å²) in [6.07, 6.45) is 2.57. The zero-order valence-corrected chi connectivity index (χ0v) is 20.4. The Bertz CT molecular complexity index is 1300. The zero-order chi connectivity index (χ0) is 25.4. The Morgan fingerprint density at radius 3 is 2.44 bits per heavy atom. The van der Waals surface area contributed by atoms with E-state index >= 15 is 0 Å². The molecule has 1 aliphatic heterocycles. The Balaban J connectivity index is 1.37. The number of carbonyl (C=O) groups excluding carboxylic acids is 1. The Morgan fingerprint density at radius 2 is 1.78 bits per heavy atom. The molecule has 5 nitrogen and oxygen atoms in total. The zero-order valence-electron chi connectivity index (χ0n) is 20.4. The summed E-state index contributed by atoms with van der Waals surface area (Å²) in [7, 11) is 1.56. The quantitative estimate of drug-likeness (QED) is 0.388. The van der Waals surface area contributed by atoms with E-state index in [0.29, 0.717) is 30.3 Å². The van der Waals surface area contributed by atoms with Crippen LogP contribution in [0.15, 0.2) is 60.7 Å². The van der Waals surface area contributed by atoms with Crippen molar-refractivity contribution in [3.8, 4) is 16.9 Å². The summed E-state index contributed by atoms with van der Waals surface area (Å²) in [5, 5.41) is 9.24. The molecule has 1 N–H and O–H groups in total. The van der Waals surface area contributed by atoms with E-state index in [1.807, 2.05) is 36.4 Å². The van der Waals surface area contributed by atoms with Crippen molar-refractivity contribution in [2.24, 2.45) is 11.8 Å². The number of benzene rings is 3. The van der Waals surface area contributed by atoms with Crippen LogP contribution in [0.2, 0.25) is 0 Å². The molecule has 36 heavy (non-hydrogen) atoms. The number of ether oxygens (including phenoxy) is 2. The fourth-order valence-electron chi connectivity index (χ4n) is 5.36. The van der Waals surface area contributed by atoms with E-state index in [-0.39, 0.29) is 17.8 Å². The van der Waals surface area contributed by atoms with Gasteiger partial charge in [-0.15, -0.1) is 0 Å². The summed E-state index contributed by atoms with van der Waals surface area (Å²) in [4.78, 5) is 23.6. The minimum absolute atomic E-state index is 0.0859. The SMILES string of the molecule is COc1ccc(F)c(-c2ccc([C@@H]3Cc4cc([C@H](C5CC5)[C@H](C)C(=O)C(=O)O)ccc4CO3)cc2)c1. The number of Topliss-reactive ketones (excluding diaryl/α,β-unsaturated/α-hetero) is 1. The highest BCUT2D eigenvalue weighted by molar-refractivity contribution is 6.33. The molecular weight excluding hydrogens is 459 g/mol. The highest BCUT2D eigenvalue weighted by atomic mass is 19.1. The van der Waals surface area contributed by atoms with Crippen molar-refractivity contribution < 1.29 is 28.6 Å². The highest BCUT2D eigenvalue weighted by Crippen LogP contribution is 2.47. The molecular formula is C30H29FO5. The van der Waals surface area contributed by atoms with Gasteiger partial charge in [-0.05, 0) is 70.7 Å². The molecule has 6 heteroatoms. The number of carbonyl (C=O) groups is 2. The Hall–Kier alpha value is -3.51. The van der Waals surface area contributed by atoms with Crippen LogP contribution in [0, 0.1) is 17.7 Å². The lowest BCUT2D eigenvalue weighted by molar-refractivity contribution is -0.151. The molecule has 2 aliphatic rings. The van der Waals surface area contributed by atoms with Crippen molar-refractivity contribution in [2.75, 3.05) is 7.11 Å². The molecule has 1 saturated carbocycles. The lowest BCUT2D eigenvalue weighted by Crippen LogP contribution is -2.27. The van der Waals surface area contributed by atoms with Crippen LogP contribution in [-0.4, -0.2) is 24.0 Å². The average Bonchev–Trinajstić information content (AvgIpc) is 3.73. The van der Waals surface area contributed by atoms with Crippen LogP contribution in [0.3, 0.4) is 0 Å². The van der Waals surface area contributed by atoms with Crippen molar-refractivity contribution in [1.29, 1.82) is 0 Å². The van der Waals surface area contributed by atoms with Crippen molar-refractivity contribution >= 4 is 11.8 Å². The first-order chi connectivity index (χ1) is 17.4. The van der Waals surface area contributed by atoms with E-state index in [2.05, 4.69) is 6.07 Å². The van der Waals surface area contributed by atoms with E-state index in [4.69, 9.17) is 9.47 Å². The Morgan fingerprint density at radius 1 is 1.03 bits per heavy atom. The van der Waals surface area contributed by atoms with Gasteiger partial charge in [-0.2, -0.15) is 0 Å². The third-order valence-electron chi connectivity index (χ3n) is 7.52.